The van der Waals surface area contributed by atoms with Gasteiger partial charge in [0.05, 0.1) is 32.3 Å². The molecule has 1 aromatic rings. The van der Waals surface area contributed by atoms with Gasteiger partial charge in [-0.3, -0.25) is 57.5 Å². The second-order valence-electron chi connectivity index (χ2n) is 20.0. The van der Waals surface area contributed by atoms with Crippen LogP contribution in [0, 0.1) is 5.92 Å². The first-order chi connectivity index (χ1) is 38.4. The van der Waals surface area contributed by atoms with Crippen LogP contribution in [0.2, 0.25) is 0 Å². The lowest BCUT2D eigenvalue weighted by Gasteiger charge is -2.29. The molecular formula is C51H80N14O15S. The number of nitrogens with two attached hydrogens (primary N) is 3. The highest BCUT2D eigenvalue weighted by Crippen LogP contribution is 2.22. The number of hydrogen-bond acceptors (Lipinski definition) is 17. The second kappa shape index (κ2) is 34.6. The summed E-state index contributed by atoms with van der Waals surface area (Å²) in [5.41, 5.74) is 16.6. The highest BCUT2D eigenvalue weighted by molar-refractivity contribution is 7.98. The standard InChI is InChI=1S/C51H80N14O15S/c1-28(2)43(63-41(70)25-55-44(72)29(3)58-46(74)32(15-16-38(54)67)59-39(68)23-53)49(77)61-33(17-20-81-4)45(73)56-24-40(69)60-35(21-30-11-6-5-7-12-30)50(78)65-27-31(66)22-37(65)47(75)57-26-42(71)64-19-10-14-36(64)48(76)62-34(51(79)80)13-8-9-18-52/h5-7,11-12,28-29,31-37,43,66H,8-10,13-27,52-53H2,1-4H3,(H2,54,67)(H,55,72)(H,56,73)(H,57,75)(H,58,74)(H,59,68)(H,60,69)(H,61,77)(H,62,76)(H,63,70)(H,79,80)/t29-,31+,32-,33-,34-,35-,36-,37-,43-/m0/s1. The highest BCUT2D eigenvalue weighted by Gasteiger charge is 2.43. The number of likely N-dealkylation sites (tertiary alicyclic amines) is 2. The van der Waals surface area contributed by atoms with E-state index in [0.29, 0.717) is 37.1 Å². The Bertz CT molecular complexity index is 2390. The third kappa shape index (κ3) is 22.9. The number of amides is 12. The topological polar surface area (TPSA) is 455 Å². The highest BCUT2D eigenvalue weighted by atomic mass is 32.2. The predicted molar refractivity (Wildman–Crippen MR) is 293 cm³/mol. The molecule has 29 nitrogen and oxygen atoms in total. The molecule has 2 aliphatic heterocycles. The SMILES string of the molecule is CSCC[C@H](NC(=O)[C@@H](NC(=O)CNC(=O)[C@H](C)NC(=O)[C@H](CCC(N)=O)NC(=O)CN)C(C)C)C(=O)NCC(=O)N[C@@H](Cc1ccccc1)C(=O)N1C[C@H](O)C[C@H]1C(=O)NCC(=O)N1CCC[C@H]1C(=O)N[C@@H](CCCCN)C(=O)O. The van der Waals surface area contributed by atoms with Crippen LogP contribution in [-0.2, 0) is 68.7 Å². The van der Waals surface area contributed by atoms with Crippen molar-refractivity contribution in [2.45, 2.75) is 139 Å². The normalized spacial score (nSPS) is 17.9. The van der Waals surface area contributed by atoms with Gasteiger partial charge in [-0.25, -0.2) is 4.79 Å². The molecule has 0 radical (unpaired) electrons. The van der Waals surface area contributed by atoms with Gasteiger partial charge in [0.15, 0.2) is 0 Å². The summed E-state index contributed by atoms with van der Waals surface area (Å²) >= 11 is 1.36. The molecule has 450 valence electrons. The number of unbranched alkanes of at least 4 members (excludes halogenated alkanes) is 1. The molecule has 0 unspecified atom stereocenters. The molecule has 2 fully saturated rings. The Hall–Kier alpha value is -7.44. The minimum Gasteiger partial charge on any atom is -0.480 e. The lowest BCUT2D eigenvalue weighted by molar-refractivity contribution is -0.144. The number of β-amino-alcohol motifs (C(OH)–C–C–N with tert-alkyl or cyclic N) is 1. The molecule has 1 aromatic carbocycles. The molecule has 0 aromatic heterocycles. The molecule has 17 N–H and O–H groups in total. The summed E-state index contributed by atoms with van der Waals surface area (Å²) in [5, 5.41) is 42.7. The maximum Gasteiger partial charge on any atom is 0.326 e. The van der Waals surface area contributed by atoms with Crippen molar-refractivity contribution in [1.82, 2.24) is 57.7 Å². The quantitative estimate of drug-likeness (QED) is 0.0286. The van der Waals surface area contributed by atoms with Crippen molar-refractivity contribution in [2.24, 2.45) is 23.1 Å². The minimum absolute atomic E-state index is 0.0800. The number of hydrogen-bond donors (Lipinski definition) is 14. The summed E-state index contributed by atoms with van der Waals surface area (Å²) in [5.74, 6) is -10.5. The molecule has 30 heteroatoms. The summed E-state index contributed by atoms with van der Waals surface area (Å²) in [6.07, 6.45) is 1.82. The van der Waals surface area contributed by atoms with E-state index < -0.39 is 163 Å². The predicted octanol–water partition coefficient (Wildman–Crippen LogP) is -5.69. The number of carboxylic acid groups (broad SMARTS) is 1. The Morgan fingerprint density at radius 2 is 1.31 bits per heavy atom. The van der Waals surface area contributed by atoms with Crippen molar-refractivity contribution >= 4 is 88.6 Å². The number of nitrogens with zero attached hydrogens (tertiary/aromatic N) is 2. The number of benzene rings is 1. The Balaban J connectivity index is 1.65. The van der Waals surface area contributed by atoms with Crippen molar-refractivity contribution in [3.8, 4) is 0 Å². The first-order valence-corrected chi connectivity index (χ1v) is 28.1. The molecule has 9 atom stereocenters. The fraction of sp³-hybridized carbons (Fsp3) is 0.627. The zero-order valence-corrected chi connectivity index (χ0v) is 46.9. The molecule has 2 aliphatic rings. The molecule has 12 amide bonds. The third-order valence-electron chi connectivity index (χ3n) is 13.3. The maximum atomic E-state index is 14.4. The third-order valence-corrected chi connectivity index (χ3v) is 13.9. The number of thioether (sulfide) groups is 1. The number of carbonyl (C=O) groups excluding carboxylic acids is 12. The van der Waals surface area contributed by atoms with Crippen LogP contribution in [0.25, 0.3) is 0 Å². The van der Waals surface area contributed by atoms with E-state index in [1.165, 1.54) is 23.6 Å². The van der Waals surface area contributed by atoms with Crippen LogP contribution in [0.3, 0.4) is 0 Å². The van der Waals surface area contributed by atoms with Gasteiger partial charge >= 0.3 is 5.97 Å². The van der Waals surface area contributed by atoms with E-state index in [4.69, 9.17) is 17.2 Å². The number of carboxylic acids is 1. The van der Waals surface area contributed by atoms with E-state index in [1.807, 2.05) is 0 Å². The van der Waals surface area contributed by atoms with E-state index in [-0.39, 0.29) is 58.0 Å². The summed E-state index contributed by atoms with van der Waals surface area (Å²) in [6.45, 7) is 2.40. The van der Waals surface area contributed by atoms with Crippen LogP contribution in [0.1, 0.15) is 84.1 Å². The fourth-order valence-corrected chi connectivity index (χ4v) is 9.34. The summed E-state index contributed by atoms with van der Waals surface area (Å²) in [4.78, 5) is 172. The fourth-order valence-electron chi connectivity index (χ4n) is 8.86. The smallest absolute Gasteiger partial charge is 0.326 e. The van der Waals surface area contributed by atoms with Crippen molar-refractivity contribution in [1.29, 1.82) is 0 Å². The maximum absolute atomic E-state index is 14.4. The lowest BCUT2D eigenvalue weighted by Crippen LogP contribution is -2.58. The van der Waals surface area contributed by atoms with Crippen molar-refractivity contribution in [2.75, 3.05) is 57.8 Å². The zero-order valence-electron chi connectivity index (χ0n) is 46.1. The summed E-state index contributed by atoms with van der Waals surface area (Å²) < 4.78 is 0. The zero-order chi connectivity index (χ0) is 60.3. The number of rotatable bonds is 34. The number of aliphatic carboxylic acids is 1. The van der Waals surface area contributed by atoms with Gasteiger partial charge < -0.3 is 85.1 Å². The Morgan fingerprint density at radius 3 is 1.93 bits per heavy atom. The van der Waals surface area contributed by atoms with Crippen LogP contribution >= 0.6 is 11.8 Å². The first kappa shape index (κ1) is 67.8. The molecule has 81 heavy (non-hydrogen) atoms. The lowest BCUT2D eigenvalue weighted by atomic mass is 10.0. The van der Waals surface area contributed by atoms with Gasteiger partial charge in [-0.2, -0.15) is 11.8 Å². The molecular weight excluding hydrogens is 1080 g/mol. The van der Waals surface area contributed by atoms with Gasteiger partial charge in [0.25, 0.3) is 0 Å². The second-order valence-corrected chi connectivity index (χ2v) is 21.0. The van der Waals surface area contributed by atoms with Crippen molar-refractivity contribution < 1.29 is 72.5 Å². The summed E-state index contributed by atoms with van der Waals surface area (Å²) in [6, 6.07) is -1.18. The van der Waals surface area contributed by atoms with Gasteiger partial charge in [0.2, 0.25) is 70.9 Å². The number of nitrogens with one attached hydrogen (secondary N) is 9. The van der Waals surface area contributed by atoms with Gasteiger partial charge in [0.1, 0.15) is 48.3 Å². The van der Waals surface area contributed by atoms with E-state index in [9.17, 15) is 72.5 Å². The average molecular weight is 1160 g/mol. The first-order valence-electron chi connectivity index (χ1n) is 26.7. The van der Waals surface area contributed by atoms with Gasteiger partial charge in [0, 0.05) is 32.4 Å². The van der Waals surface area contributed by atoms with E-state index in [2.05, 4.69) is 47.9 Å². The molecule has 3 rings (SSSR count). The van der Waals surface area contributed by atoms with E-state index in [0.717, 1.165) is 4.90 Å². The molecule has 0 aliphatic carbocycles. The number of primary amides is 1. The molecule has 2 heterocycles. The Morgan fingerprint density at radius 1 is 0.667 bits per heavy atom. The minimum atomic E-state index is -1.34. The van der Waals surface area contributed by atoms with Gasteiger partial charge in [-0.05, 0) is 81.9 Å². The van der Waals surface area contributed by atoms with E-state index in [1.54, 1.807) is 50.4 Å². The number of aliphatic hydroxyl groups is 1. The molecule has 0 spiro atoms. The van der Waals surface area contributed by atoms with Crippen LogP contribution < -0.4 is 65.1 Å². The summed E-state index contributed by atoms with van der Waals surface area (Å²) in [7, 11) is 0. The monoisotopic (exact) mass is 1160 g/mol. The Labute approximate surface area is 473 Å². The molecule has 0 bridgehead atoms. The van der Waals surface area contributed by atoms with Crippen LogP contribution in [0.15, 0.2) is 30.3 Å². The van der Waals surface area contributed by atoms with Gasteiger partial charge in [-0.1, -0.05) is 44.2 Å². The van der Waals surface area contributed by atoms with E-state index >= 15 is 0 Å². The Kier molecular flexibility index (Phi) is 29.0. The van der Waals surface area contributed by atoms with Crippen molar-refractivity contribution in [3.05, 3.63) is 35.9 Å². The number of carbonyl (C=O) groups is 13. The number of aliphatic hydroxyl groups excluding tert-OH is 1. The molecule has 0 saturated carbocycles. The van der Waals surface area contributed by atoms with Crippen LogP contribution in [-0.4, -0.2) is 209 Å². The van der Waals surface area contributed by atoms with Gasteiger partial charge in [-0.15, -0.1) is 0 Å². The van der Waals surface area contributed by atoms with Crippen LogP contribution in [0.4, 0.5) is 0 Å². The largest absolute Gasteiger partial charge is 0.480 e. The molecule has 2 saturated heterocycles. The van der Waals surface area contributed by atoms with Crippen molar-refractivity contribution in [3.63, 3.8) is 0 Å². The van der Waals surface area contributed by atoms with Crippen LogP contribution in [0.5, 0.6) is 0 Å². The average Bonchev–Trinajstić information content (AvgIpc) is 4.14.